The summed E-state index contributed by atoms with van der Waals surface area (Å²) in [6.07, 6.45) is 1.84. The maximum atomic E-state index is 13.3. The van der Waals surface area contributed by atoms with Crippen LogP contribution in [0.25, 0.3) is 16.2 Å². The molecular weight excluding hydrogens is 434 g/mol. The number of hydrogen-bond acceptors (Lipinski definition) is 6. The highest BCUT2D eigenvalue weighted by Gasteiger charge is 2.22. The fourth-order valence-electron chi connectivity index (χ4n) is 3.64. The lowest BCUT2D eigenvalue weighted by atomic mass is 10.2. The molecule has 5 rings (SSSR count). The SMILES string of the molecule is O=C(CN1CCN(c2nn3cc(-c4ccc(F)cc4)nc3s2)CC1)Nc1cccc(F)c1. The van der Waals surface area contributed by atoms with Crippen LogP contribution >= 0.6 is 11.3 Å². The van der Waals surface area contributed by atoms with E-state index in [1.54, 1.807) is 28.8 Å². The van der Waals surface area contributed by atoms with E-state index in [0.717, 1.165) is 47.5 Å². The van der Waals surface area contributed by atoms with Crippen LogP contribution in [0.15, 0.2) is 54.7 Å². The lowest BCUT2D eigenvalue weighted by Gasteiger charge is -2.33. The molecule has 7 nitrogen and oxygen atoms in total. The Balaban J connectivity index is 1.17. The summed E-state index contributed by atoms with van der Waals surface area (Å²) in [6.45, 7) is 3.19. The van der Waals surface area contributed by atoms with Crippen LogP contribution in [0.5, 0.6) is 0 Å². The normalized spacial score (nSPS) is 14.8. The Labute approximate surface area is 186 Å². The Morgan fingerprint density at radius 1 is 1.03 bits per heavy atom. The van der Waals surface area contributed by atoms with Gasteiger partial charge in [-0.25, -0.2) is 18.3 Å². The van der Waals surface area contributed by atoms with Crippen LogP contribution < -0.4 is 10.2 Å². The van der Waals surface area contributed by atoms with E-state index in [9.17, 15) is 13.6 Å². The van der Waals surface area contributed by atoms with Crippen molar-refractivity contribution in [3.8, 4) is 11.3 Å². The van der Waals surface area contributed by atoms with Crippen LogP contribution in [0.1, 0.15) is 0 Å². The average Bonchev–Trinajstić information content (AvgIpc) is 3.34. The first-order valence-corrected chi connectivity index (χ1v) is 11.0. The first-order valence-electron chi connectivity index (χ1n) is 10.2. The van der Waals surface area contributed by atoms with Gasteiger partial charge in [-0.15, -0.1) is 5.10 Å². The van der Waals surface area contributed by atoms with Gasteiger partial charge in [0, 0.05) is 37.4 Å². The lowest BCUT2D eigenvalue weighted by Crippen LogP contribution is -2.48. The fourth-order valence-corrected chi connectivity index (χ4v) is 4.58. The third kappa shape index (κ3) is 4.46. The quantitative estimate of drug-likeness (QED) is 0.500. The van der Waals surface area contributed by atoms with Gasteiger partial charge in [-0.2, -0.15) is 0 Å². The highest BCUT2D eigenvalue weighted by molar-refractivity contribution is 7.20. The number of nitrogens with zero attached hydrogens (tertiary/aromatic N) is 5. The Hall–Kier alpha value is -3.37. The number of amides is 1. The molecule has 10 heteroatoms. The van der Waals surface area contributed by atoms with E-state index in [4.69, 9.17) is 0 Å². The van der Waals surface area contributed by atoms with Gasteiger partial charge in [0.05, 0.1) is 18.4 Å². The molecule has 1 aliphatic heterocycles. The first-order chi connectivity index (χ1) is 15.5. The molecular formula is C22H20F2N6OS. The standard InChI is InChI=1S/C22H20F2N6OS/c23-16-6-4-15(5-7-16)19-13-30-21(26-19)32-22(27-30)29-10-8-28(9-11-29)14-20(31)25-18-3-1-2-17(24)12-18/h1-7,12-13H,8-11,14H2,(H,25,31). The summed E-state index contributed by atoms with van der Waals surface area (Å²) in [5.41, 5.74) is 2.06. The molecule has 0 saturated carbocycles. The minimum Gasteiger partial charge on any atom is -0.344 e. The number of fused-ring (bicyclic) bond motifs is 1. The molecule has 1 amide bonds. The summed E-state index contributed by atoms with van der Waals surface area (Å²) in [5.74, 6) is -0.818. The van der Waals surface area contributed by atoms with Gasteiger partial charge in [-0.1, -0.05) is 17.4 Å². The number of benzene rings is 2. The molecule has 2 aromatic heterocycles. The number of carbonyl (C=O) groups excluding carboxylic acids is 1. The van der Waals surface area contributed by atoms with Gasteiger partial charge in [0.2, 0.25) is 16.0 Å². The summed E-state index contributed by atoms with van der Waals surface area (Å²) in [7, 11) is 0. The van der Waals surface area contributed by atoms with Crippen molar-refractivity contribution in [1.29, 1.82) is 0 Å². The van der Waals surface area contributed by atoms with Gasteiger partial charge in [0.25, 0.3) is 0 Å². The van der Waals surface area contributed by atoms with Crippen molar-refractivity contribution in [2.24, 2.45) is 0 Å². The highest BCUT2D eigenvalue weighted by atomic mass is 32.1. The molecule has 3 heterocycles. The zero-order chi connectivity index (χ0) is 22.1. The summed E-state index contributed by atoms with van der Waals surface area (Å²) >= 11 is 1.50. The Kier molecular flexibility index (Phi) is 5.54. The van der Waals surface area contributed by atoms with E-state index in [1.807, 2.05) is 6.20 Å². The molecule has 1 N–H and O–H groups in total. The second-order valence-corrected chi connectivity index (χ2v) is 8.50. The van der Waals surface area contributed by atoms with Crippen molar-refractivity contribution in [2.45, 2.75) is 0 Å². The fraction of sp³-hybridized carbons (Fsp3) is 0.227. The van der Waals surface area contributed by atoms with Gasteiger partial charge < -0.3 is 10.2 Å². The third-order valence-electron chi connectivity index (χ3n) is 5.29. The van der Waals surface area contributed by atoms with E-state index in [1.165, 1.54) is 35.6 Å². The highest BCUT2D eigenvalue weighted by Crippen LogP contribution is 2.27. The predicted octanol–water partition coefficient (Wildman–Crippen LogP) is 3.50. The predicted molar refractivity (Wildman–Crippen MR) is 120 cm³/mol. The maximum absolute atomic E-state index is 13.3. The average molecular weight is 455 g/mol. The molecule has 0 bridgehead atoms. The summed E-state index contributed by atoms with van der Waals surface area (Å²) in [6, 6.07) is 12.1. The number of hydrogen-bond donors (Lipinski definition) is 1. The van der Waals surface area contributed by atoms with Gasteiger partial charge in [-0.3, -0.25) is 9.69 Å². The third-order valence-corrected chi connectivity index (χ3v) is 6.27. The number of imidazole rings is 1. The van der Waals surface area contributed by atoms with Crippen molar-refractivity contribution in [3.05, 3.63) is 66.4 Å². The lowest BCUT2D eigenvalue weighted by molar-refractivity contribution is -0.117. The van der Waals surface area contributed by atoms with Crippen LogP contribution in [-0.2, 0) is 4.79 Å². The summed E-state index contributed by atoms with van der Waals surface area (Å²) < 4.78 is 28.1. The Bertz CT molecular complexity index is 1220. The molecule has 0 unspecified atom stereocenters. The van der Waals surface area contributed by atoms with Crippen LogP contribution in [0.3, 0.4) is 0 Å². The van der Waals surface area contributed by atoms with Crippen LogP contribution in [-0.4, -0.2) is 58.1 Å². The van der Waals surface area contributed by atoms with Crippen molar-refractivity contribution in [3.63, 3.8) is 0 Å². The van der Waals surface area contributed by atoms with E-state index < -0.39 is 0 Å². The van der Waals surface area contributed by atoms with Gasteiger partial charge in [-0.05, 0) is 42.5 Å². The molecule has 0 radical (unpaired) electrons. The van der Waals surface area contributed by atoms with Crippen molar-refractivity contribution in [2.75, 3.05) is 42.9 Å². The number of anilines is 2. The van der Waals surface area contributed by atoms with Crippen LogP contribution in [0, 0.1) is 11.6 Å². The van der Waals surface area contributed by atoms with E-state index in [2.05, 4.69) is 25.2 Å². The molecule has 1 saturated heterocycles. The van der Waals surface area contributed by atoms with E-state index in [0.29, 0.717) is 5.69 Å². The molecule has 0 spiro atoms. The van der Waals surface area contributed by atoms with Gasteiger partial charge >= 0.3 is 0 Å². The van der Waals surface area contributed by atoms with Gasteiger partial charge in [0.15, 0.2) is 0 Å². The number of aromatic nitrogens is 3. The van der Waals surface area contributed by atoms with Gasteiger partial charge in [0.1, 0.15) is 11.6 Å². The Morgan fingerprint density at radius 2 is 1.81 bits per heavy atom. The zero-order valence-corrected chi connectivity index (χ0v) is 17.9. The number of nitrogens with one attached hydrogen (secondary N) is 1. The number of carbonyl (C=O) groups is 1. The number of piperazine rings is 1. The Morgan fingerprint density at radius 3 is 2.53 bits per heavy atom. The molecule has 32 heavy (non-hydrogen) atoms. The van der Waals surface area contributed by atoms with Crippen LogP contribution in [0.4, 0.5) is 19.6 Å². The summed E-state index contributed by atoms with van der Waals surface area (Å²) in [5, 5.41) is 8.25. The van der Waals surface area contributed by atoms with Crippen molar-refractivity contribution in [1.82, 2.24) is 19.5 Å². The molecule has 0 atom stereocenters. The molecule has 164 valence electrons. The molecule has 4 aromatic rings. The second kappa shape index (κ2) is 8.64. The minimum atomic E-state index is -0.379. The number of halogens is 2. The topological polar surface area (TPSA) is 65.8 Å². The smallest absolute Gasteiger partial charge is 0.238 e. The molecule has 0 aliphatic carbocycles. The summed E-state index contributed by atoms with van der Waals surface area (Å²) in [4.78, 5) is 21.9. The molecule has 2 aromatic carbocycles. The minimum absolute atomic E-state index is 0.162. The largest absolute Gasteiger partial charge is 0.344 e. The molecule has 1 aliphatic rings. The maximum Gasteiger partial charge on any atom is 0.238 e. The van der Waals surface area contributed by atoms with Crippen molar-refractivity contribution >= 4 is 33.0 Å². The second-order valence-electron chi connectivity index (χ2n) is 7.57. The number of rotatable bonds is 5. The van der Waals surface area contributed by atoms with E-state index >= 15 is 0 Å². The van der Waals surface area contributed by atoms with Crippen molar-refractivity contribution < 1.29 is 13.6 Å². The first kappa shape index (κ1) is 20.5. The van der Waals surface area contributed by atoms with Crippen LogP contribution in [0.2, 0.25) is 0 Å². The monoisotopic (exact) mass is 454 g/mol. The van der Waals surface area contributed by atoms with E-state index in [-0.39, 0.29) is 24.1 Å². The zero-order valence-electron chi connectivity index (χ0n) is 17.0. The molecule has 1 fully saturated rings.